The second-order valence-electron chi connectivity index (χ2n) is 3.94. The molecule has 0 aromatic carbocycles. The van der Waals surface area contributed by atoms with Gasteiger partial charge in [-0.25, -0.2) is 0 Å². The molecule has 1 atom stereocenters. The smallest absolute Gasteiger partial charge is 0.268 e. The number of halogens is 1. The highest BCUT2D eigenvalue weighted by Crippen LogP contribution is 2.16. The second kappa shape index (κ2) is 5.69. The molecule has 0 bridgehead atoms. The maximum absolute atomic E-state index is 11.9. The zero-order valence-electron chi connectivity index (χ0n) is 9.76. The maximum atomic E-state index is 11.9. The molecule has 2 rings (SSSR count). The molecule has 0 fully saturated rings. The molecule has 0 saturated carbocycles. The Kier molecular flexibility index (Phi) is 4.21. The van der Waals surface area contributed by atoms with Crippen LogP contribution in [0.5, 0.6) is 0 Å². The summed E-state index contributed by atoms with van der Waals surface area (Å²) in [5, 5.41) is 16.3. The van der Waals surface area contributed by atoms with E-state index >= 15 is 0 Å². The number of hydrogen-bond donors (Lipinski definition) is 2. The largest absolute Gasteiger partial charge is 0.387 e. The Morgan fingerprint density at radius 2 is 2.44 bits per heavy atom. The first-order chi connectivity index (χ1) is 8.58. The van der Waals surface area contributed by atoms with Crippen molar-refractivity contribution in [3.63, 3.8) is 0 Å². The Balaban J connectivity index is 1.94. The molecule has 2 aromatic heterocycles. The topological polar surface area (TPSA) is 54.3 Å². The minimum absolute atomic E-state index is 0.197. The molecule has 96 valence electrons. The maximum Gasteiger partial charge on any atom is 0.268 e. The fraction of sp³-hybridized carbons (Fsp3) is 0.250. The van der Waals surface area contributed by atoms with E-state index in [0.29, 0.717) is 5.69 Å². The summed E-state index contributed by atoms with van der Waals surface area (Å²) in [4.78, 5) is 11.9. The lowest BCUT2D eigenvalue weighted by Crippen LogP contribution is -2.29. The standard InChI is InChI=1S/C12H13BrN2O2S/c1-15-6-9(13)4-10(15)12(17)14-5-11(16)8-2-3-18-7-8/h2-4,6-7,11,16H,5H2,1H3,(H,14,17)/t11-/m1/s1. The van der Waals surface area contributed by atoms with Crippen LogP contribution in [0.1, 0.15) is 22.2 Å². The van der Waals surface area contributed by atoms with Crippen LogP contribution >= 0.6 is 27.3 Å². The Morgan fingerprint density at radius 1 is 1.67 bits per heavy atom. The van der Waals surface area contributed by atoms with Crippen molar-refractivity contribution in [1.29, 1.82) is 0 Å². The van der Waals surface area contributed by atoms with Gasteiger partial charge in [-0.05, 0) is 44.4 Å². The number of aliphatic hydroxyl groups excluding tert-OH is 1. The van der Waals surface area contributed by atoms with Crippen molar-refractivity contribution in [2.75, 3.05) is 6.54 Å². The lowest BCUT2D eigenvalue weighted by Gasteiger charge is -2.10. The third-order valence-corrected chi connectivity index (χ3v) is 3.72. The normalized spacial score (nSPS) is 12.4. The first-order valence-corrected chi connectivity index (χ1v) is 7.11. The van der Waals surface area contributed by atoms with Crippen LogP contribution in [0.15, 0.2) is 33.6 Å². The van der Waals surface area contributed by atoms with E-state index in [1.807, 2.05) is 23.0 Å². The highest BCUT2D eigenvalue weighted by atomic mass is 79.9. The van der Waals surface area contributed by atoms with E-state index in [0.717, 1.165) is 10.0 Å². The Bertz CT molecular complexity index is 536. The second-order valence-corrected chi connectivity index (χ2v) is 5.63. The minimum Gasteiger partial charge on any atom is -0.387 e. The lowest BCUT2D eigenvalue weighted by atomic mass is 10.2. The van der Waals surface area contributed by atoms with Crippen molar-refractivity contribution < 1.29 is 9.90 Å². The minimum atomic E-state index is -0.663. The molecule has 0 radical (unpaired) electrons. The van der Waals surface area contributed by atoms with Crippen LogP contribution in [0.3, 0.4) is 0 Å². The van der Waals surface area contributed by atoms with E-state index in [-0.39, 0.29) is 12.5 Å². The average molecular weight is 329 g/mol. The monoisotopic (exact) mass is 328 g/mol. The van der Waals surface area contributed by atoms with Gasteiger partial charge in [-0.3, -0.25) is 4.79 Å². The van der Waals surface area contributed by atoms with Gasteiger partial charge in [-0.1, -0.05) is 0 Å². The molecular weight excluding hydrogens is 316 g/mol. The first-order valence-electron chi connectivity index (χ1n) is 5.38. The number of nitrogens with zero attached hydrogens (tertiary/aromatic N) is 1. The molecule has 0 aliphatic heterocycles. The number of carbonyl (C=O) groups excluding carboxylic acids is 1. The molecule has 0 aliphatic carbocycles. The van der Waals surface area contributed by atoms with Crippen LogP contribution in [-0.4, -0.2) is 22.1 Å². The number of carbonyl (C=O) groups is 1. The zero-order chi connectivity index (χ0) is 13.1. The third kappa shape index (κ3) is 3.01. The molecule has 0 saturated heterocycles. The van der Waals surface area contributed by atoms with Gasteiger partial charge in [0, 0.05) is 24.3 Å². The number of thiophene rings is 1. The van der Waals surface area contributed by atoms with E-state index < -0.39 is 6.10 Å². The van der Waals surface area contributed by atoms with Gasteiger partial charge in [0.05, 0.1) is 6.10 Å². The van der Waals surface area contributed by atoms with E-state index in [9.17, 15) is 9.90 Å². The molecule has 6 heteroatoms. The van der Waals surface area contributed by atoms with Gasteiger partial charge < -0.3 is 15.0 Å². The summed E-state index contributed by atoms with van der Waals surface area (Å²) in [5.74, 6) is -0.197. The summed E-state index contributed by atoms with van der Waals surface area (Å²) in [7, 11) is 1.80. The van der Waals surface area contributed by atoms with Gasteiger partial charge >= 0.3 is 0 Å². The van der Waals surface area contributed by atoms with E-state index in [1.165, 1.54) is 11.3 Å². The molecule has 18 heavy (non-hydrogen) atoms. The predicted molar refractivity (Wildman–Crippen MR) is 74.7 cm³/mol. The molecular formula is C12H13BrN2O2S. The van der Waals surface area contributed by atoms with Gasteiger partial charge in [0.2, 0.25) is 0 Å². The van der Waals surface area contributed by atoms with Crippen LogP contribution in [0.4, 0.5) is 0 Å². The Morgan fingerprint density at radius 3 is 3.00 bits per heavy atom. The number of rotatable bonds is 4. The van der Waals surface area contributed by atoms with Crippen LogP contribution in [0.2, 0.25) is 0 Å². The van der Waals surface area contributed by atoms with E-state index in [4.69, 9.17) is 0 Å². The van der Waals surface area contributed by atoms with Gasteiger partial charge in [-0.2, -0.15) is 11.3 Å². The highest BCUT2D eigenvalue weighted by Gasteiger charge is 2.13. The molecule has 0 unspecified atom stereocenters. The fourth-order valence-electron chi connectivity index (χ4n) is 1.61. The number of aromatic nitrogens is 1. The van der Waals surface area contributed by atoms with Gasteiger partial charge in [0.1, 0.15) is 5.69 Å². The van der Waals surface area contributed by atoms with Gasteiger partial charge in [0.25, 0.3) is 5.91 Å². The molecule has 2 aromatic rings. The van der Waals surface area contributed by atoms with Crippen molar-refractivity contribution in [3.05, 3.63) is 44.8 Å². The number of amides is 1. The summed E-state index contributed by atoms with van der Waals surface area (Å²) in [5.41, 5.74) is 1.38. The van der Waals surface area contributed by atoms with Gasteiger partial charge in [-0.15, -0.1) is 0 Å². The van der Waals surface area contributed by atoms with Crippen molar-refractivity contribution >= 4 is 33.2 Å². The molecule has 2 N–H and O–H groups in total. The van der Waals surface area contributed by atoms with Crippen LogP contribution in [-0.2, 0) is 7.05 Å². The Hall–Kier alpha value is -1.11. The van der Waals surface area contributed by atoms with Crippen molar-refractivity contribution in [1.82, 2.24) is 9.88 Å². The first kappa shape index (κ1) is 13.3. The van der Waals surface area contributed by atoms with Crippen molar-refractivity contribution in [2.45, 2.75) is 6.10 Å². The summed E-state index contributed by atoms with van der Waals surface area (Å²) in [6.07, 6.45) is 1.15. The van der Waals surface area contributed by atoms with Crippen molar-refractivity contribution in [3.8, 4) is 0 Å². The molecule has 0 spiro atoms. The fourth-order valence-corrected chi connectivity index (χ4v) is 2.84. The third-order valence-electron chi connectivity index (χ3n) is 2.59. The SMILES string of the molecule is Cn1cc(Br)cc1C(=O)NC[C@@H](O)c1ccsc1. The van der Waals surface area contributed by atoms with Crippen LogP contribution in [0, 0.1) is 0 Å². The number of aliphatic hydroxyl groups is 1. The van der Waals surface area contributed by atoms with Crippen molar-refractivity contribution in [2.24, 2.45) is 7.05 Å². The van der Waals surface area contributed by atoms with E-state index in [1.54, 1.807) is 17.7 Å². The molecule has 0 aliphatic rings. The van der Waals surface area contributed by atoms with Crippen LogP contribution in [0.25, 0.3) is 0 Å². The van der Waals surface area contributed by atoms with Gasteiger partial charge in [0.15, 0.2) is 0 Å². The zero-order valence-corrected chi connectivity index (χ0v) is 12.2. The Labute approximate surface area is 117 Å². The number of hydrogen-bond acceptors (Lipinski definition) is 3. The summed E-state index contributed by atoms with van der Waals surface area (Å²) in [6, 6.07) is 3.59. The summed E-state index contributed by atoms with van der Waals surface area (Å²) < 4.78 is 2.59. The van der Waals surface area contributed by atoms with E-state index in [2.05, 4.69) is 21.2 Å². The summed E-state index contributed by atoms with van der Waals surface area (Å²) in [6.45, 7) is 0.207. The average Bonchev–Trinajstić information content (AvgIpc) is 2.95. The lowest BCUT2D eigenvalue weighted by molar-refractivity contribution is 0.0908. The van der Waals surface area contributed by atoms with Crippen LogP contribution < -0.4 is 5.32 Å². The number of nitrogens with one attached hydrogen (secondary N) is 1. The number of aryl methyl sites for hydroxylation is 1. The predicted octanol–water partition coefficient (Wildman–Crippen LogP) is 2.31. The quantitative estimate of drug-likeness (QED) is 0.904. The molecule has 2 heterocycles. The molecule has 1 amide bonds. The molecule has 4 nitrogen and oxygen atoms in total. The highest BCUT2D eigenvalue weighted by molar-refractivity contribution is 9.10. The summed E-state index contributed by atoms with van der Waals surface area (Å²) >= 11 is 4.84.